The number of hydrogen-bond donors (Lipinski definition) is 0. The molecule has 0 aliphatic heterocycles. The minimum atomic E-state index is -0.331. The Balaban J connectivity index is 2.98. The lowest BCUT2D eigenvalue weighted by Crippen LogP contribution is -2.11. The highest BCUT2D eigenvalue weighted by molar-refractivity contribution is 5.73. The number of carbonyl (C=O) groups is 2. The summed E-state index contributed by atoms with van der Waals surface area (Å²) in [5, 5.41) is 0. The molecule has 1 unspecified atom stereocenters. The molecule has 0 radical (unpaired) electrons. The predicted molar refractivity (Wildman–Crippen MR) is 78.3 cm³/mol. The second-order valence-electron chi connectivity index (χ2n) is 4.48. The fourth-order valence-corrected chi connectivity index (χ4v) is 1.79. The number of ether oxygens (including phenoxy) is 3. The van der Waals surface area contributed by atoms with Gasteiger partial charge in [0.05, 0.1) is 7.11 Å². The molecule has 1 atom stereocenters. The van der Waals surface area contributed by atoms with E-state index in [1.807, 2.05) is 6.92 Å². The molecule has 0 aliphatic rings. The Kier molecular flexibility index (Phi) is 6.72. The number of esters is 2. The summed E-state index contributed by atoms with van der Waals surface area (Å²) in [5.74, 6) is 0.234. The molecular formula is C16H22O5. The first kappa shape index (κ1) is 17.0. The largest absolute Gasteiger partial charge is 0.493 e. The molecule has 116 valence electrons. The minimum absolute atomic E-state index is 0.248. The first-order valence-corrected chi connectivity index (χ1v) is 7.13. The van der Waals surface area contributed by atoms with Crippen LogP contribution in [0.5, 0.6) is 11.5 Å². The van der Waals surface area contributed by atoms with Crippen LogP contribution in [0.1, 0.15) is 51.7 Å². The van der Waals surface area contributed by atoms with Crippen molar-refractivity contribution < 1.29 is 23.8 Å². The van der Waals surface area contributed by atoms with Gasteiger partial charge in [-0.25, -0.2) is 0 Å². The zero-order valence-corrected chi connectivity index (χ0v) is 13.0. The quantitative estimate of drug-likeness (QED) is 0.569. The van der Waals surface area contributed by atoms with Gasteiger partial charge in [0.1, 0.15) is 6.10 Å². The van der Waals surface area contributed by atoms with Crippen molar-refractivity contribution in [3.63, 3.8) is 0 Å². The molecule has 5 heteroatoms. The van der Waals surface area contributed by atoms with Crippen molar-refractivity contribution in [1.29, 1.82) is 0 Å². The lowest BCUT2D eigenvalue weighted by atomic mass is 10.1. The molecule has 1 aromatic rings. The SMILES string of the molecule is CCC(=O)Oc1ccc(C(CC)OC(=O)CC)cc1OC. The molecular weight excluding hydrogens is 272 g/mol. The van der Waals surface area contributed by atoms with Crippen LogP contribution in [0, 0.1) is 0 Å². The van der Waals surface area contributed by atoms with Gasteiger partial charge in [0.2, 0.25) is 0 Å². The summed E-state index contributed by atoms with van der Waals surface area (Å²) < 4.78 is 15.8. The molecule has 1 aromatic carbocycles. The topological polar surface area (TPSA) is 61.8 Å². The summed E-state index contributed by atoms with van der Waals surface area (Å²) in [7, 11) is 1.50. The van der Waals surface area contributed by atoms with E-state index in [2.05, 4.69) is 0 Å². The van der Waals surface area contributed by atoms with Crippen LogP contribution in [-0.2, 0) is 14.3 Å². The van der Waals surface area contributed by atoms with Crippen LogP contribution < -0.4 is 9.47 Å². The zero-order chi connectivity index (χ0) is 15.8. The van der Waals surface area contributed by atoms with Crippen LogP contribution in [0.4, 0.5) is 0 Å². The van der Waals surface area contributed by atoms with Gasteiger partial charge < -0.3 is 14.2 Å². The van der Waals surface area contributed by atoms with E-state index in [4.69, 9.17) is 14.2 Å². The van der Waals surface area contributed by atoms with Gasteiger partial charge in [-0.1, -0.05) is 26.8 Å². The highest BCUT2D eigenvalue weighted by atomic mass is 16.6. The molecule has 0 N–H and O–H groups in total. The third kappa shape index (κ3) is 4.77. The minimum Gasteiger partial charge on any atom is -0.493 e. The average molecular weight is 294 g/mol. The molecule has 0 heterocycles. The Morgan fingerprint density at radius 1 is 1.05 bits per heavy atom. The summed E-state index contributed by atoms with van der Waals surface area (Å²) in [5.41, 5.74) is 0.812. The Bertz CT molecular complexity index is 495. The van der Waals surface area contributed by atoms with Gasteiger partial charge in [-0.3, -0.25) is 9.59 Å². The van der Waals surface area contributed by atoms with Gasteiger partial charge in [0, 0.05) is 12.8 Å². The Hall–Kier alpha value is -2.04. The highest BCUT2D eigenvalue weighted by Gasteiger charge is 2.17. The third-order valence-electron chi connectivity index (χ3n) is 3.01. The van der Waals surface area contributed by atoms with E-state index in [9.17, 15) is 9.59 Å². The number of methoxy groups -OCH3 is 1. The normalized spacial score (nSPS) is 11.6. The van der Waals surface area contributed by atoms with E-state index in [0.29, 0.717) is 24.3 Å². The van der Waals surface area contributed by atoms with Gasteiger partial charge in [-0.2, -0.15) is 0 Å². The van der Waals surface area contributed by atoms with Crippen LogP contribution in [0.3, 0.4) is 0 Å². The summed E-state index contributed by atoms with van der Waals surface area (Å²) in [4.78, 5) is 22.8. The molecule has 0 fully saturated rings. The van der Waals surface area contributed by atoms with Crippen molar-refractivity contribution in [3.05, 3.63) is 23.8 Å². The van der Waals surface area contributed by atoms with Crippen LogP contribution in [0.15, 0.2) is 18.2 Å². The van der Waals surface area contributed by atoms with E-state index in [1.165, 1.54) is 7.11 Å². The van der Waals surface area contributed by atoms with Gasteiger partial charge in [-0.15, -0.1) is 0 Å². The smallest absolute Gasteiger partial charge is 0.311 e. The molecule has 0 aromatic heterocycles. The predicted octanol–water partition coefficient (Wildman–Crippen LogP) is 3.41. The maximum Gasteiger partial charge on any atom is 0.311 e. The Morgan fingerprint density at radius 2 is 1.71 bits per heavy atom. The summed E-state index contributed by atoms with van der Waals surface area (Å²) in [6.07, 6.45) is 0.946. The molecule has 0 saturated heterocycles. The molecule has 1 rings (SSSR count). The lowest BCUT2D eigenvalue weighted by molar-refractivity contribution is -0.149. The third-order valence-corrected chi connectivity index (χ3v) is 3.01. The van der Waals surface area contributed by atoms with E-state index >= 15 is 0 Å². The number of benzene rings is 1. The van der Waals surface area contributed by atoms with Crippen molar-refractivity contribution in [2.24, 2.45) is 0 Å². The van der Waals surface area contributed by atoms with Crippen molar-refractivity contribution in [3.8, 4) is 11.5 Å². The fourth-order valence-electron chi connectivity index (χ4n) is 1.79. The molecule has 21 heavy (non-hydrogen) atoms. The fraction of sp³-hybridized carbons (Fsp3) is 0.500. The van der Waals surface area contributed by atoms with E-state index < -0.39 is 0 Å². The first-order valence-electron chi connectivity index (χ1n) is 7.13. The van der Waals surface area contributed by atoms with Crippen LogP contribution >= 0.6 is 0 Å². The molecule has 0 saturated carbocycles. The van der Waals surface area contributed by atoms with E-state index in [1.54, 1.807) is 32.0 Å². The van der Waals surface area contributed by atoms with Crippen molar-refractivity contribution in [2.45, 2.75) is 46.1 Å². The van der Waals surface area contributed by atoms with E-state index in [-0.39, 0.29) is 24.5 Å². The maximum atomic E-state index is 11.4. The van der Waals surface area contributed by atoms with Crippen LogP contribution in [0.2, 0.25) is 0 Å². The van der Waals surface area contributed by atoms with Crippen LogP contribution in [-0.4, -0.2) is 19.0 Å². The van der Waals surface area contributed by atoms with Crippen molar-refractivity contribution in [2.75, 3.05) is 7.11 Å². The molecule has 0 amide bonds. The van der Waals surface area contributed by atoms with Gasteiger partial charge in [0.25, 0.3) is 0 Å². The lowest BCUT2D eigenvalue weighted by Gasteiger charge is -2.18. The summed E-state index contributed by atoms with van der Waals surface area (Å²) in [6, 6.07) is 5.16. The molecule has 0 spiro atoms. The van der Waals surface area contributed by atoms with Gasteiger partial charge in [0.15, 0.2) is 11.5 Å². The Labute approximate surface area is 125 Å². The average Bonchev–Trinajstić information content (AvgIpc) is 2.52. The number of rotatable bonds is 7. The molecule has 0 aliphatic carbocycles. The first-order chi connectivity index (χ1) is 10.0. The summed E-state index contributed by atoms with van der Waals surface area (Å²) >= 11 is 0. The number of hydrogen-bond acceptors (Lipinski definition) is 5. The zero-order valence-electron chi connectivity index (χ0n) is 13.0. The standard InChI is InChI=1S/C16H22O5/c1-5-12(20-15(17)6-2)11-8-9-13(14(10-11)19-4)21-16(18)7-3/h8-10,12H,5-7H2,1-4H3. The monoisotopic (exact) mass is 294 g/mol. The van der Waals surface area contributed by atoms with E-state index in [0.717, 1.165) is 5.56 Å². The van der Waals surface area contributed by atoms with Crippen LogP contribution in [0.25, 0.3) is 0 Å². The second kappa shape index (κ2) is 8.29. The van der Waals surface area contributed by atoms with Gasteiger partial charge in [-0.05, 0) is 24.1 Å². The molecule has 0 bridgehead atoms. The van der Waals surface area contributed by atoms with Crippen molar-refractivity contribution in [1.82, 2.24) is 0 Å². The highest BCUT2D eigenvalue weighted by Crippen LogP contribution is 2.32. The molecule has 5 nitrogen and oxygen atoms in total. The summed E-state index contributed by atoms with van der Waals surface area (Å²) in [6.45, 7) is 5.41. The number of carbonyl (C=O) groups excluding carboxylic acids is 2. The maximum absolute atomic E-state index is 11.4. The van der Waals surface area contributed by atoms with Crippen molar-refractivity contribution >= 4 is 11.9 Å². The van der Waals surface area contributed by atoms with Gasteiger partial charge >= 0.3 is 11.9 Å². The second-order valence-corrected chi connectivity index (χ2v) is 4.48. The Morgan fingerprint density at radius 3 is 2.24 bits per heavy atom.